The first-order valence-corrected chi connectivity index (χ1v) is 13.7. The molecule has 0 aliphatic carbocycles. The molecule has 2 heterocycles. The average molecular weight is 556 g/mol. The van der Waals surface area contributed by atoms with Crippen LogP contribution in [0.25, 0.3) is 0 Å². The van der Waals surface area contributed by atoms with E-state index < -0.39 is 18.3 Å². The molecule has 1 unspecified atom stereocenters. The highest BCUT2D eigenvalue weighted by molar-refractivity contribution is 5.78. The molecule has 0 saturated carbocycles. The van der Waals surface area contributed by atoms with Gasteiger partial charge in [0, 0.05) is 19.6 Å². The van der Waals surface area contributed by atoms with Crippen LogP contribution < -0.4 is 10.1 Å². The first-order valence-electron chi connectivity index (χ1n) is 13.7. The van der Waals surface area contributed by atoms with Crippen LogP contribution in [0.1, 0.15) is 30.0 Å². The molecular formula is C31H33N5O5. The van der Waals surface area contributed by atoms with Crippen molar-refractivity contribution in [3.8, 4) is 17.6 Å². The maximum Gasteiger partial charge on any atom is 0.429 e. The number of ether oxygens (including phenoxy) is 3. The van der Waals surface area contributed by atoms with E-state index >= 15 is 0 Å². The van der Waals surface area contributed by atoms with E-state index in [-0.39, 0.29) is 12.6 Å². The third-order valence-electron chi connectivity index (χ3n) is 6.95. The molecule has 2 saturated heterocycles. The molecule has 0 radical (unpaired) electrons. The standard InChI is InChI=1S/C31H33N5O5/c32-22-28(25-11-7-14-27(21-25)41-26-12-5-2-6-13-26)33-29-15-8-16-35(31(38)40-23-24-9-3-1-4-10-24)36(29)30(37)34-17-19-39-20-18-34/h1-7,9-14,21,28-29,33H,8,15-20,23H2/t28?,29-/m0/s1. The summed E-state index contributed by atoms with van der Waals surface area (Å²) in [7, 11) is 0. The molecule has 10 nitrogen and oxygen atoms in total. The Hall–Kier alpha value is -4.59. The Morgan fingerprint density at radius 2 is 1.66 bits per heavy atom. The second-order valence-corrected chi connectivity index (χ2v) is 9.76. The molecule has 3 aromatic rings. The van der Waals surface area contributed by atoms with Crippen LogP contribution in [0.5, 0.6) is 11.5 Å². The zero-order valence-electron chi connectivity index (χ0n) is 22.7. The first kappa shape index (κ1) is 28.0. The van der Waals surface area contributed by atoms with Crippen molar-refractivity contribution in [2.75, 3.05) is 32.8 Å². The quantitative estimate of drug-likeness (QED) is 0.434. The molecule has 1 N–H and O–H groups in total. The van der Waals surface area contributed by atoms with E-state index in [4.69, 9.17) is 14.2 Å². The maximum absolute atomic E-state index is 13.8. The zero-order chi connectivity index (χ0) is 28.4. The lowest BCUT2D eigenvalue weighted by Crippen LogP contribution is -2.65. The van der Waals surface area contributed by atoms with Gasteiger partial charge < -0.3 is 19.1 Å². The topological polar surface area (TPSA) is 107 Å². The lowest BCUT2D eigenvalue weighted by molar-refractivity contribution is -0.0701. The largest absolute Gasteiger partial charge is 0.457 e. The summed E-state index contributed by atoms with van der Waals surface area (Å²) in [6, 6.07) is 27.3. The highest BCUT2D eigenvalue weighted by Crippen LogP contribution is 2.27. The number of para-hydroxylation sites is 1. The highest BCUT2D eigenvalue weighted by atomic mass is 16.6. The highest BCUT2D eigenvalue weighted by Gasteiger charge is 2.40. The molecule has 212 valence electrons. The number of rotatable bonds is 7. The smallest absolute Gasteiger partial charge is 0.429 e. The van der Waals surface area contributed by atoms with Crippen molar-refractivity contribution < 1.29 is 23.8 Å². The summed E-state index contributed by atoms with van der Waals surface area (Å²) < 4.78 is 17.0. The molecule has 3 aromatic carbocycles. The van der Waals surface area contributed by atoms with Crippen LogP contribution in [-0.4, -0.2) is 66.1 Å². The van der Waals surface area contributed by atoms with E-state index in [9.17, 15) is 14.9 Å². The van der Waals surface area contributed by atoms with Crippen molar-refractivity contribution in [3.63, 3.8) is 0 Å². The Balaban J connectivity index is 1.35. The summed E-state index contributed by atoms with van der Waals surface area (Å²) in [5.41, 5.74) is 1.53. The van der Waals surface area contributed by atoms with Gasteiger partial charge in [-0.15, -0.1) is 0 Å². The van der Waals surface area contributed by atoms with Gasteiger partial charge in [0.25, 0.3) is 0 Å². The van der Waals surface area contributed by atoms with Crippen LogP contribution in [0.3, 0.4) is 0 Å². The van der Waals surface area contributed by atoms with Gasteiger partial charge in [0.1, 0.15) is 30.3 Å². The Morgan fingerprint density at radius 3 is 2.39 bits per heavy atom. The SMILES string of the molecule is N#CC(N[C@@H]1CCCN(C(=O)OCc2ccccc2)N1C(=O)N1CCOCC1)c1cccc(Oc2ccccc2)c1. The number of nitrogens with zero attached hydrogens (tertiary/aromatic N) is 4. The van der Waals surface area contributed by atoms with Gasteiger partial charge in [-0.05, 0) is 48.2 Å². The Morgan fingerprint density at radius 1 is 0.951 bits per heavy atom. The van der Waals surface area contributed by atoms with Gasteiger partial charge >= 0.3 is 12.1 Å². The van der Waals surface area contributed by atoms with E-state index in [2.05, 4.69) is 11.4 Å². The van der Waals surface area contributed by atoms with E-state index in [1.54, 1.807) is 11.0 Å². The average Bonchev–Trinajstić information content (AvgIpc) is 3.03. The van der Waals surface area contributed by atoms with E-state index in [0.717, 1.165) is 5.56 Å². The van der Waals surface area contributed by atoms with Gasteiger partial charge in [0.15, 0.2) is 0 Å². The van der Waals surface area contributed by atoms with Gasteiger partial charge in [-0.1, -0.05) is 60.7 Å². The fourth-order valence-electron chi connectivity index (χ4n) is 4.88. The summed E-state index contributed by atoms with van der Waals surface area (Å²) in [4.78, 5) is 28.8. The number of carbonyl (C=O) groups is 2. The summed E-state index contributed by atoms with van der Waals surface area (Å²) >= 11 is 0. The van der Waals surface area contributed by atoms with Crippen LogP contribution in [0.2, 0.25) is 0 Å². The molecule has 0 aromatic heterocycles. The molecule has 0 bridgehead atoms. The summed E-state index contributed by atoms with van der Waals surface area (Å²) in [5.74, 6) is 1.28. The number of carbonyl (C=O) groups excluding carboxylic acids is 2. The van der Waals surface area contributed by atoms with E-state index in [1.165, 1.54) is 10.0 Å². The second-order valence-electron chi connectivity index (χ2n) is 9.76. The Kier molecular flexibility index (Phi) is 9.31. The number of hydrogen-bond donors (Lipinski definition) is 1. The number of benzene rings is 3. The van der Waals surface area contributed by atoms with Crippen molar-refractivity contribution in [2.24, 2.45) is 0 Å². The van der Waals surface area contributed by atoms with Crippen LogP contribution in [0, 0.1) is 11.3 Å². The number of morpholine rings is 1. The fourth-order valence-corrected chi connectivity index (χ4v) is 4.88. The van der Waals surface area contributed by atoms with E-state index in [1.807, 2.05) is 78.9 Å². The molecular weight excluding hydrogens is 522 g/mol. The van der Waals surface area contributed by atoms with Crippen LogP contribution in [0.4, 0.5) is 9.59 Å². The number of amides is 3. The molecule has 2 aliphatic heterocycles. The normalized spacial score (nSPS) is 17.8. The van der Waals surface area contributed by atoms with Crippen molar-refractivity contribution in [1.82, 2.24) is 20.2 Å². The minimum atomic E-state index is -0.764. The number of hydrazine groups is 1. The van der Waals surface area contributed by atoms with Crippen molar-refractivity contribution >= 4 is 12.1 Å². The zero-order valence-corrected chi connectivity index (χ0v) is 22.7. The van der Waals surface area contributed by atoms with Gasteiger partial charge in [-0.2, -0.15) is 5.26 Å². The number of nitrogens with one attached hydrogen (secondary N) is 1. The third-order valence-corrected chi connectivity index (χ3v) is 6.95. The predicted molar refractivity (Wildman–Crippen MR) is 150 cm³/mol. The van der Waals surface area contributed by atoms with Gasteiger partial charge in [0.05, 0.1) is 19.3 Å². The minimum Gasteiger partial charge on any atom is -0.457 e. The van der Waals surface area contributed by atoms with Crippen molar-refractivity contribution in [2.45, 2.75) is 31.7 Å². The lowest BCUT2D eigenvalue weighted by Gasteiger charge is -2.46. The molecule has 2 aliphatic rings. The Labute approximate surface area is 239 Å². The molecule has 2 atom stereocenters. The molecule has 2 fully saturated rings. The summed E-state index contributed by atoms with van der Waals surface area (Å²) in [6.07, 6.45) is -0.0579. The van der Waals surface area contributed by atoms with Gasteiger partial charge in [-0.25, -0.2) is 19.6 Å². The van der Waals surface area contributed by atoms with Gasteiger partial charge in [-0.3, -0.25) is 5.32 Å². The lowest BCUT2D eigenvalue weighted by atomic mass is 10.1. The van der Waals surface area contributed by atoms with Crippen LogP contribution >= 0.6 is 0 Å². The molecule has 0 spiro atoms. The first-order chi connectivity index (χ1) is 20.1. The van der Waals surface area contributed by atoms with Crippen LogP contribution in [0.15, 0.2) is 84.9 Å². The summed E-state index contributed by atoms with van der Waals surface area (Å²) in [5, 5.41) is 16.2. The maximum atomic E-state index is 13.8. The van der Waals surface area contributed by atoms with E-state index in [0.29, 0.717) is 62.8 Å². The van der Waals surface area contributed by atoms with Crippen molar-refractivity contribution in [3.05, 3.63) is 96.1 Å². The minimum absolute atomic E-state index is 0.0862. The molecule has 41 heavy (non-hydrogen) atoms. The van der Waals surface area contributed by atoms with Gasteiger partial charge in [0.2, 0.25) is 0 Å². The number of hydrogen-bond acceptors (Lipinski definition) is 7. The number of urea groups is 1. The number of nitriles is 1. The molecule has 5 rings (SSSR count). The second kappa shape index (κ2) is 13.7. The molecule has 3 amide bonds. The summed E-state index contributed by atoms with van der Waals surface area (Å²) in [6.45, 7) is 2.07. The van der Waals surface area contributed by atoms with Crippen molar-refractivity contribution in [1.29, 1.82) is 5.26 Å². The molecule has 10 heteroatoms. The third kappa shape index (κ3) is 7.14. The monoisotopic (exact) mass is 555 g/mol. The fraction of sp³-hybridized carbons (Fsp3) is 0.323. The van der Waals surface area contributed by atoms with Crippen LogP contribution in [-0.2, 0) is 16.1 Å². The predicted octanol–water partition coefficient (Wildman–Crippen LogP) is 5.06. The Bertz CT molecular complexity index is 1340.